The second kappa shape index (κ2) is 6.58. The highest BCUT2D eigenvalue weighted by Gasteiger charge is 2.19. The Morgan fingerprint density at radius 3 is 2.85 bits per heavy atom. The van der Waals surface area contributed by atoms with Crippen molar-refractivity contribution in [1.82, 2.24) is 14.9 Å². The van der Waals surface area contributed by atoms with Gasteiger partial charge < -0.3 is 9.64 Å². The normalized spacial score (nSPS) is 10.3. The van der Waals surface area contributed by atoms with E-state index in [1.165, 1.54) is 16.2 Å². The molecular formula is C12H13N3O3S2. The van der Waals surface area contributed by atoms with E-state index >= 15 is 0 Å². The minimum atomic E-state index is -0.501. The van der Waals surface area contributed by atoms with Gasteiger partial charge in [0, 0.05) is 17.8 Å². The third-order valence-corrected chi connectivity index (χ3v) is 3.86. The van der Waals surface area contributed by atoms with E-state index in [1.807, 2.05) is 5.38 Å². The van der Waals surface area contributed by atoms with Crippen LogP contribution < -0.4 is 0 Å². The SMILES string of the molecule is CCOC(=O)c1nc(C(=O)N(C)Cc2cscn2)cs1. The van der Waals surface area contributed by atoms with Gasteiger partial charge in [-0.3, -0.25) is 4.79 Å². The van der Waals surface area contributed by atoms with Gasteiger partial charge in [0.2, 0.25) is 5.01 Å². The minimum Gasteiger partial charge on any atom is -0.461 e. The van der Waals surface area contributed by atoms with Crippen LogP contribution in [-0.4, -0.2) is 40.4 Å². The highest BCUT2D eigenvalue weighted by Crippen LogP contribution is 2.14. The van der Waals surface area contributed by atoms with Crippen molar-refractivity contribution in [1.29, 1.82) is 0 Å². The summed E-state index contributed by atoms with van der Waals surface area (Å²) in [4.78, 5) is 33.3. The number of nitrogens with zero attached hydrogens (tertiary/aromatic N) is 3. The summed E-state index contributed by atoms with van der Waals surface area (Å²) in [7, 11) is 1.67. The van der Waals surface area contributed by atoms with Gasteiger partial charge in [-0.05, 0) is 6.92 Å². The number of hydrogen-bond donors (Lipinski definition) is 0. The molecule has 0 atom stereocenters. The average molecular weight is 311 g/mol. The predicted octanol–water partition coefficient (Wildman–Crippen LogP) is 2.05. The van der Waals surface area contributed by atoms with Crippen LogP contribution in [0.3, 0.4) is 0 Å². The van der Waals surface area contributed by atoms with Crippen molar-refractivity contribution < 1.29 is 14.3 Å². The van der Waals surface area contributed by atoms with Crippen LogP contribution in [0.1, 0.15) is 32.9 Å². The predicted molar refractivity (Wildman–Crippen MR) is 76.0 cm³/mol. The molecule has 0 bridgehead atoms. The fraction of sp³-hybridized carbons (Fsp3) is 0.333. The quantitative estimate of drug-likeness (QED) is 0.790. The summed E-state index contributed by atoms with van der Waals surface area (Å²) in [5.41, 5.74) is 2.79. The van der Waals surface area contributed by atoms with Crippen molar-refractivity contribution in [3.63, 3.8) is 0 Å². The molecule has 0 saturated heterocycles. The first-order valence-corrected chi connectivity index (χ1v) is 7.69. The largest absolute Gasteiger partial charge is 0.461 e. The van der Waals surface area contributed by atoms with Crippen LogP contribution in [-0.2, 0) is 11.3 Å². The number of carbonyl (C=O) groups is 2. The number of esters is 1. The number of rotatable bonds is 5. The maximum absolute atomic E-state index is 12.2. The Kier molecular flexibility index (Phi) is 4.80. The molecule has 6 nitrogen and oxygen atoms in total. The van der Waals surface area contributed by atoms with Gasteiger partial charge in [0.25, 0.3) is 5.91 Å². The summed E-state index contributed by atoms with van der Waals surface area (Å²) in [6.07, 6.45) is 0. The van der Waals surface area contributed by atoms with Gasteiger partial charge in [-0.2, -0.15) is 0 Å². The molecule has 2 aromatic heterocycles. The van der Waals surface area contributed by atoms with Gasteiger partial charge in [0.05, 0.1) is 24.4 Å². The van der Waals surface area contributed by atoms with Gasteiger partial charge in [0.1, 0.15) is 5.69 Å². The molecule has 0 saturated carbocycles. The fourth-order valence-corrected chi connectivity index (χ4v) is 2.72. The number of aromatic nitrogens is 2. The highest BCUT2D eigenvalue weighted by atomic mass is 32.1. The van der Waals surface area contributed by atoms with E-state index < -0.39 is 5.97 Å². The lowest BCUT2D eigenvalue weighted by Gasteiger charge is -2.13. The smallest absolute Gasteiger partial charge is 0.367 e. The Hall–Kier alpha value is -1.80. The summed E-state index contributed by atoms with van der Waals surface area (Å²) < 4.78 is 4.84. The zero-order chi connectivity index (χ0) is 14.5. The van der Waals surface area contributed by atoms with E-state index in [4.69, 9.17) is 4.74 Å². The van der Waals surface area contributed by atoms with Crippen LogP contribution in [0.4, 0.5) is 0 Å². The van der Waals surface area contributed by atoms with Crippen molar-refractivity contribution in [3.8, 4) is 0 Å². The Balaban J connectivity index is 2.03. The molecule has 0 radical (unpaired) electrons. The van der Waals surface area contributed by atoms with Gasteiger partial charge in [-0.1, -0.05) is 0 Å². The lowest BCUT2D eigenvalue weighted by molar-refractivity contribution is 0.0526. The molecular weight excluding hydrogens is 298 g/mol. The summed E-state index contributed by atoms with van der Waals surface area (Å²) in [5, 5.41) is 3.64. The number of ether oxygens (including phenoxy) is 1. The summed E-state index contributed by atoms with van der Waals surface area (Å²) in [5.74, 6) is -0.747. The molecule has 20 heavy (non-hydrogen) atoms. The van der Waals surface area contributed by atoms with E-state index in [1.54, 1.807) is 24.9 Å². The molecule has 0 N–H and O–H groups in total. The first-order valence-electron chi connectivity index (χ1n) is 5.87. The third kappa shape index (κ3) is 3.40. The Labute approximate surface area is 124 Å². The summed E-state index contributed by atoms with van der Waals surface area (Å²) >= 11 is 2.58. The summed E-state index contributed by atoms with van der Waals surface area (Å²) in [6, 6.07) is 0. The van der Waals surface area contributed by atoms with Crippen LogP contribution in [0.15, 0.2) is 16.3 Å². The van der Waals surface area contributed by atoms with E-state index in [9.17, 15) is 9.59 Å². The lowest BCUT2D eigenvalue weighted by Crippen LogP contribution is -2.26. The van der Waals surface area contributed by atoms with Crippen molar-refractivity contribution in [2.45, 2.75) is 13.5 Å². The standard InChI is InChI=1S/C12H13N3O3S2/c1-3-18-12(17)10-14-9(6-20-10)11(16)15(2)4-8-5-19-7-13-8/h5-7H,3-4H2,1-2H3. The Morgan fingerprint density at radius 2 is 2.20 bits per heavy atom. The van der Waals surface area contributed by atoms with E-state index in [2.05, 4.69) is 9.97 Å². The molecule has 0 aliphatic heterocycles. The maximum Gasteiger partial charge on any atom is 0.367 e. The molecule has 2 rings (SSSR count). The molecule has 8 heteroatoms. The maximum atomic E-state index is 12.2. The van der Waals surface area contributed by atoms with Crippen molar-refractivity contribution in [2.24, 2.45) is 0 Å². The van der Waals surface area contributed by atoms with E-state index in [0.717, 1.165) is 17.0 Å². The second-order valence-electron chi connectivity index (χ2n) is 3.90. The van der Waals surface area contributed by atoms with Crippen LogP contribution in [0.25, 0.3) is 0 Å². The molecule has 1 amide bonds. The van der Waals surface area contributed by atoms with Crippen LogP contribution in [0, 0.1) is 0 Å². The molecule has 106 valence electrons. The first-order chi connectivity index (χ1) is 9.61. The fourth-order valence-electron chi connectivity index (χ4n) is 1.48. The van der Waals surface area contributed by atoms with Gasteiger partial charge >= 0.3 is 5.97 Å². The highest BCUT2D eigenvalue weighted by molar-refractivity contribution is 7.11. The molecule has 0 spiro atoms. The zero-order valence-electron chi connectivity index (χ0n) is 11.0. The van der Waals surface area contributed by atoms with Crippen molar-refractivity contribution in [2.75, 3.05) is 13.7 Å². The third-order valence-electron chi connectivity index (χ3n) is 2.40. The Bertz CT molecular complexity index is 595. The second-order valence-corrected chi connectivity index (χ2v) is 5.48. The number of amides is 1. The van der Waals surface area contributed by atoms with Crippen molar-refractivity contribution >= 4 is 34.6 Å². The first kappa shape index (κ1) is 14.6. The molecule has 0 aliphatic carbocycles. The van der Waals surface area contributed by atoms with Crippen LogP contribution >= 0.6 is 22.7 Å². The van der Waals surface area contributed by atoms with Crippen LogP contribution in [0.5, 0.6) is 0 Å². The molecule has 0 aliphatic rings. The number of thiazole rings is 2. The molecule has 2 aromatic rings. The minimum absolute atomic E-state index is 0.192. The van der Waals surface area contributed by atoms with Crippen LogP contribution in [0.2, 0.25) is 0 Å². The lowest BCUT2D eigenvalue weighted by atomic mass is 10.3. The van der Waals surface area contributed by atoms with E-state index in [0.29, 0.717) is 6.54 Å². The van der Waals surface area contributed by atoms with Gasteiger partial charge in [0.15, 0.2) is 0 Å². The number of carbonyl (C=O) groups excluding carboxylic acids is 2. The average Bonchev–Trinajstić information content (AvgIpc) is 3.09. The molecule has 0 aromatic carbocycles. The monoisotopic (exact) mass is 311 g/mol. The van der Waals surface area contributed by atoms with Gasteiger partial charge in [-0.25, -0.2) is 14.8 Å². The summed E-state index contributed by atoms with van der Waals surface area (Å²) in [6.45, 7) is 2.42. The van der Waals surface area contributed by atoms with Crippen molar-refractivity contribution in [3.05, 3.63) is 32.7 Å². The number of hydrogen-bond acceptors (Lipinski definition) is 7. The zero-order valence-corrected chi connectivity index (χ0v) is 12.7. The molecule has 0 fully saturated rings. The molecule has 0 unspecified atom stereocenters. The Morgan fingerprint density at radius 1 is 1.40 bits per heavy atom. The topological polar surface area (TPSA) is 72.4 Å². The van der Waals surface area contributed by atoms with E-state index in [-0.39, 0.29) is 23.2 Å². The molecule has 2 heterocycles. The van der Waals surface area contributed by atoms with Gasteiger partial charge in [-0.15, -0.1) is 22.7 Å².